The predicted molar refractivity (Wildman–Crippen MR) is 81.2 cm³/mol. The number of halogens is 6. The molecule has 0 atom stereocenters. The largest absolute Gasteiger partial charge is 0.505 e. The molecule has 2 aromatic carbocycles. The summed E-state index contributed by atoms with van der Waals surface area (Å²) in [6.07, 6.45) is 0. The molecular weight excluding hydrogens is 372 g/mol. The van der Waals surface area contributed by atoms with Gasteiger partial charge in [-0.1, -0.05) is 70.1 Å². The highest BCUT2D eigenvalue weighted by atomic mass is 35.5. The Balaban J connectivity index is 0.000000217. The number of hydrogen-bond donors (Lipinski definition) is 2. The third-order valence-electron chi connectivity index (χ3n) is 2.04. The highest BCUT2D eigenvalue weighted by molar-refractivity contribution is 6.55. The van der Waals surface area contributed by atoms with Crippen LogP contribution in [0, 0.1) is 5.82 Å². The molecule has 108 valence electrons. The fraction of sp³-hybridized carbons (Fsp3) is 0. The first kappa shape index (κ1) is 17.5. The molecule has 0 aliphatic heterocycles. The van der Waals surface area contributed by atoms with Crippen LogP contribution in [0.2, 0.25) is 25.1 Å². The van der Waals surface area contributed by atoms with Crippen molar-refractivity contribution in [2.24, 2.45) is 0 Å². The molecule has 0 aromatic heterocycles. The van der Waals surface area contributed by atoms with E-state index in [1.54, 1.807) is 6.07 Å². The summed E-state index contributed by atoms with van der Waals surface area (Å²) >= 11 is 27.9. The molecule has 2 N–H and O–H groups in total. The molecule has 2 rings (SSSR count). The molecule has 0 radical (unpaired) electrons. The molecule has 0 saturated carbocycles. The summed E-state index contributed by atoms with van der Waals surface area (Å²) < 4.78 is 12.1. The zero-order valence-corrected chi connectivity index (χ0v) is 13.3. The minimum Gasteiger partial charge on any atom is -0.505 e. The van der Waals surface area contributed by atoms with E-state index >= 15 is 0 Å². The quantitative estimate of drug-likeness (QED) is 0.424. The van der Waals surface area contributed by atoms with E-state index in [0.29, 0.717) is 0 Å². The zero-order valence-electron chi connectivity index (χ0n) is 9.47. The number of rotatable bonds is 0. The number of aromatic hydroxyl groups is 2. The van der Waals surface area contributed by atoms with E-state index in [1.165, 1.54) is 18.2 Å². The molecule has 0 aliphatic rings. The Labute approximate surface area is 139 Å². The first-order valence-electron chi connectivity index (χ1n) is 4.91. The van der Waals surface area contributed by atoms with Crippen LogP contribution in [0.3, 0.4) is 0 Å². The Morgan fingerprint density at radius 1 is 0.700 bits per heavy atom. The number of phenols is 2. The van der Waals surface area contributed by atoms with Gasteiger partial charge in [0, 0.05) is 0 Å². The van der Waals surface area contributed by atoms with Crippen LogP contribution in [0.1, 0.15) is 0 Å². The zero-order chi connectivity index (χ0) is 15.4. The molecule has 0 bridgehead atoms. The van der Waals surface area contributed by atoms with Gasteiger partial charge in [-0.25, -0.2) is 4.39 Å². The van der Waals surface area contributed by atoms with E-state index in [-0.39, 0.29) is 36.6 Å². The maximum Gasteiger partial charge on any atom is 0.164 e. The summed E-state index contributed by atoms with van der Waals surface area (Å²) in [7, 11) is 0. The molecule has 0 heterocycles. The van der Waals surface area contributed by atoms with Crippen LogP contribution in [-0.2, 0) is 0 Å². The minimum absolute atomic E-state index is 0.00904. The van der Waals surface area contributed by atoms with Crippen LogP contribution >= 0.6 is 58.0 Å². The number of phenolic OH excluding ortho intramolecular Hbond substituents is 2. The minimum atomic E-state index is -0.576. The van der Waals surface area contributed by atoms with Gasteiger partial charge in [-0.05, 0) is 12.1 Å². The van der Waals surface area contributed by atoms with Gasteiger partial charge in [0.2, 0.25) is 0 Å². The molecule has 0 unspecified atom stereocenters. The summed E-state index contributed by atoms with van der Waals surface area (Å²) in [6.45, 7) is 0. The molecule has 20 heavy (non-hydrogen) atoms. The van der Waals surface area contributed by atoms with Crippen LogP contribution in [0.15, 0.2) is 24.3 Å². The monoisotopic (exact) mass is 376 g/mol. The van der Waals surface area contributed by atoms with Crippen molar-refractivity contribution in [3.63, 3.8) is 0 Å². The molecular formula is C12H6Cl5FO2. The van der Waals surface area contributed by atoms with E-state index in [1.807, 2.05) is 0 Å². The van der Waals surface area contributed by atoms with E-state index in [4.69, 9.17) is 63.1 Å². The van der Waals surface area contributed by atoms with Gasteiger partial charge in [-0.15, -0.1) is 0 Å². The van der Waals surface area contributed by atoms with Crippen molar-refractivity contribution in [3.05, 3.63) is 55.2 Å². The fourth-order valence-electron chi connectivity index (χ4n) is 1.05. The van der Waals surface area contributed by atoms with E-state index in [9.17, 15) is 9.50 Å². The molecule has 0 fully saturated rings. The van der Waals surface area contributed by atoms with Crippen molar-refractivity contribution in [1.29, 1.82) is 0 Å². The number of para-hydroxylation sites is 1. The Morgan fingerprint density at radius 2 is 1.10 bits per heavy atom. The lowest BCUT2D eigenvalue weighted by molar-refractivity contribution is 0.432. The highest BCUT2D eigenvalue weighted by Crippen LogP contribution is 2.47. The predicted octanol–water partition coefficient (Wildman–Crippen LogP) is 6.19. The second-order valence-corrected chi connectivity index (χ2v) is 5.26. The molecule has 0 aliphatic carbocycles. The summed E-state index contributed by atoms with van der Waals surface area (Å²) in [6, 6.07) is 5.60. The second-order valence-electron chi connectivity index (χ2n) is 3.37. The Kier molecular flexibility index (Phi) is 6.49. The van der Waals surface area contributed by atoms with E-state index in [0.717, 1.165) is 0 Å². The lowest BCUT2D eigenvalue weighted by Gasteiger charge is -2.06. The standard InChI is InChI=1S/C6HCl5O.C6H5FO/c7-1-2(8)4(10)6(12)5(11)3(1)9;7-5-3-1-2-4-6(5)8/h12H;1-4,8H. The molecule has 0 saturated heterocycles. The maximum absolute atomic E-state index is 12.1. The Bertz CT molecular complexity index is 507. The van der Waals surface area contributed by atoms with Crippen molar-refractivity contribution in [3.8, 4) is 11.5 Å². The lowest BCUT2D eigenvalue weighted by Crippen LogP contribution is -1.78. The van der Waals surface area contributed by atoms with Crippen LogP contribution in [0.5, 0.6) is 11.5 Å². The van der Waals surface area contributed by atoms with Gasteiger partial charge in [0.05, 0.1) is 15.1 Å². The molecule has 0 spiro atoms. The van der Waals surface area contributed by atoms with Gasteiger partial charge in [-0.2, -0.15) is 0 Å². The summed E-state index contributed by atoms with van der Waals surface area (Å²) in [5, 5.41) is 17.6. The first-order chi connectivity index (χ1) is 9.27. The second kappa shape index (κ2) is 7.43. The third kappa shape index (κ3) is 3.96. The average Bonchev–Trinajstić information content (AvgIpc) is 2.45. The van der Waals surface area contributed by atoms with Crippen molar-refractivity contribution >= 4 is 58.0 Å². The number of benzene rings is 2. The van der Waals surface area contributed by atoms with Crippen molar-refractivity contribution in [1.82, 2.24) is 0 Å². The molecule has 2 nitrogen and oxygen atoms in total. The van der Waals surface area contributed by atoms with Gasteiger partial charge in [0.25, 0.3) is 0 Å². The van der Waals surface area contributed by atoms with Crippen LogP contribution < -0.4 is 0 Å². The van der Waals surface area contributed by atoms with Gasteiger partial charge in [0.1, 0.15) is 10.0 Å². The summed E-state index contributed by atoms with van der Waals surface area (Å²) in [4.78, 5) is 0. The molecule has 2 aromatic rings. The molecule has 0 amide bonds. The maximum atomic E-state index is 12.1. The normalized spacial score (nSPS) is 9.90. The lowest BCUT2D eigenvalue weighted by atomic mass is 10.3. The first-order valence-corrected chi connectivity index (χ1v) is 6.80. The van der Waals surface area contributed by atoms with Gasteiger partial charge >= 0.3 is 0 Å². The van der Waals surface area contributed by atoms with Gasteiger partial charge in [-0.3, -0.25) is 0 Å². The van der Waals surface area contributed by atoms with Crippen LogP contribution in [0.4, 0.5) is 4.39 Å². The summed E-state index contributed by atoms with van der Waals surface area (Å²) in [5.74, 6) is -1.24. The third-order valence-corrected chi connectivity index (χ3v) is 4.30. The van der Waals surface area contributed by atoms with Gasteiger partial charge in [0.15, 0.2) is 17.3 Å². The highest BCUT2D eigenvalue weighted by Gasteiger charge is 2.18. The average molecular weight is 378 g/mol. The van der Waals surface area contributed by atoms with E-state index < -0.39 is 5.82 Å². The Hall–Kier alpha value is -0.580. The fourth-order valence-corrected chi connectivity index (χ4v) is 2.17. The number of hydrogen-bond acceptors (Lipinski definition) is 2. The van der Waals surface area contributed by atoms with E-state index in [2.05, 4.69) is 0 Å². The van der Waals surface area contributed by atoms with Crippen molar-refractivity contribution in [2.45, 2.75) is 0 Å². The van der Waals surface area contributed by atoms with Gasteiger partial charge < -0.3 is 10.2 Å². The molecule has 8 heteroatoms. The smallest absolute Gasteiger partial charge is 0.164 e. The SMILES string of the molecule is Oc1c(Cl)c(Cl)c(Cl)c(Cl)c1Cl.Oc1ccccc1F. The van der Waals surface area contributed by atoms with Crippen LogP contribution in [-0.4, -0.2) is 10.2 Å². The van der Waals surface area contributed by atoms with Crippen LogP contribution in [0.25, 0.3) is 0 Å². The van der Waals surface area contributed by atoms with Crippen molar-refractivity contribution in [2.75, 3.05) is 0 Å². The van der Waals surface area contributed by atoms with Crippen molar-refractivity contribution < 1.29 is 14.6 Å². The Morgan fingerprint density at radius 3 is 1.45 bits per heavy atom. The summed E-state index contributed by atoms with van der Waals surface area (Å²) in [5.41, 5.74) is 0. The topological polar surface area (TPSA) is 40.5 Å².